The van der Waals surface area contributed by atoms with Crippen molar-refractivity contribution in [3.63, 3.8) is 0 Å². The second-order valence-corrected chi connectivity index (χ2v) is 10.3. The number of tetrazole rings is 1. The molecular weight excluding hydrogens is 516 g/mol. The van der Waals surface area contributed by atoms with Crippen LogP contribution in [0.15, 0.2) is 59.8 Å². The minimum atomic E-state index is -0.491. The van der Waals surface area contributed by atoms with Crippen molar-refractivity contribution in [3.05, 3.63) is 98.3 Å². The molecule has 0 amide bonds. The molecule has 1 fully saturated rings. The van der Waals surface area contributed by atoms with Gasteiger partial charge in [-0.3, -0.25) is 4.79 Å². The maximum atomic E-state index is 14.8. The Labute approximate surface area is 219 Å². The molecule has 3 unspecified atom stereocenters. The van der Waals surface area contributed by atoms with E-state index >= 15 is 0 Å². The summed E-state index contributed by atoms with van der Waals surface area (Å²) in [5, 5.41) is 12.1. The molecule has 37 heavy (non-hydrogen) atoms. The molecule has 3 atom stereocenters. The molecule has 1 aliphatic heterocycles. The average molecular weight is 534 g/mol. The Hall–Kier alpha value is -3.82. The first-order chi connectivity index (χ1) is 17.9. The highest BCUT2D eigenvalue weighted by Crippen LogP contribution is 2.60. The number of nitrogens with one attached hydrogen (secondary N) is 1. The maximum Gasteiger partial charge on any atom is 0.252 e. The van der Waals surface area contributed by atoms with Crippen LogP contribution in [0.3, 0.4) is 0 Å². The third-order valence-electron chi connectivity index (χ3n) is 7.31. The van der Waals surface area contributed by atoms with Crippen molar-refractivity contribution in [2.24, 2.45) is 5.92 Å². The normalized spacial score (nSPS) is 19.6. The largest absolute Gasteiger partial charge is 0.340 e. The van der Waals surface area contributed by atoms with Crippen molar-refractivity contribution in [3.8, 4) is 28.1 Å². The molecule has 11 heteroatoms. The molecular formula is C26H18Cl2FN7O. The SMILES string of the molecule is Cc1ccc(-c2cnc(C3C4CC4c4cc(-c5cc(Cl)ccc5-n5cnnn5)cc(=O)n43)[nH]2)c(F)c1Cl. The Bertz CT molecular complexity index is 1760. The Morgan fingerprint density at radius 1 is 1.11 bits per heavy atom. The average Bonchev–Trinajstić information content (AvgIpc) is 3.23. The van der Waals surface area contributed by atoms with E-state index in [4.69, 9.17) is 23.2 Å². The first-order valence-corrected chi connectivity index (χ1v) is 12.5. The van der Waals surface area contributed by atoms with Crippen molar-refractivity contribution in [2.45, 2.75) is 25.3 Å². The van der Waals surface area contributed by atoms with Crippen molar-refractivity contribution in [1.29, 1.82) is 0 Å². The summed E-state index contributed by atoms with van der Waals surface area (Å²) in [5.74, 6) is 0.623. The van der Waals surface area contributed by atoms with Crippen LogP contribution in [0.4, 0.5) is 4.39 Å². The number of aromatic amines is 1. The number of pyridine rings is 1. The van der Waals surface area contributed by atoms with Gasteiger partial charge in [-0.25, -0.2) is 9.37 Å². The smallest absolute Gasteiger partial charge is 0.252 e. The zero-order valence-corrected chi connectivity index (χ0v) is 20.9. The van der Waals surface area contributed by atoms with Gasteiger partial charge in [-0.1, -0.05) is 29.3 Å². The second-order valence-electron chi connectivity index (χ2n) is 9.48. The number of aryl methyl sites for hydroxylation is 1. The zero-order valence-electron chi connectivity index (χ0n) is 19.4. The van der Waals surface area contributed by atoms with Crippen LogP contribution in [0.25, 0.3) is 28.1 Å². The van der Waals surface area contributed by atoms with Gasteiger partial charge in [0.2, 0.25) is 0 Å². The first-order valence-electron chi connectivity index (χ1n) is 11.7. The molecule has 3 aromatic heterocycles. The molecule has 2 aliphatic rings. The highest BCUT2D eigenvalue weighted by Gasteiger charge is 2.54. The summed E-state index contributed by atoms with van der Waals surface area (Å²) in [4.78, 5) is 21.3. The Kier molecular flexibility index (Phi) is 4.90. The van der Waals surface area contributed by atoms with E-state index in [1.54, 1.807) is 52.7 Å². The quantitative estimate of drug-likeness (QED) is 0.336. The minimum Gasteiger partial charge on any atom is -0.340 e. The van der Waals surface area contributed by atoms with Crippen LogP contribution >= 0.6 is 23.2 Å². The van der Waals surface area contributed by atoms with Crippen LogP contribution in [0, 0.1) is 18.7 Å². The second kappa shape index (κ2) is 8.09. The third-order valence-corrected chi connectivity index (χ3v) is 8.01. The predicted octanol–water partition coefficient (Wildman–Crippen LogP) is 5.34. The van der Waals surface area contributed by atoms with Crippen LogP contribution in [0.5, 0.6) is 0 Å². The summed E-state index contributed by atoms with van der Waals surface area (Å²) in [5.41, 5.74) is 4.56. The van der Waals surface area contributed by atoms with E-state index in [-0.39, 0.29) is 28.5 Å². The number of H-pyrrole nitrogens is 1. The molecule has 0 saturated heterocycles. The number of benzene rings is 2. The van der Waals surface area contributed by atoms with Gasteiger partial charge >= 0.3 is 0 Å². The number of halogens is 3. The summed E-state index contributed by atoms with van der Waals surface area (Å²) < 4.78 is 18.2. The molecule has 1 aliphatic carbocycles. The van der Waals surface area contributed by atoms with Crippen molar-refractivity contribution < 1.29 is 4.39 Å². The lowest BCUT2D eigenvalue weighted by Crippen LogP contribution is -2.26. The lowest BCUT2D eigenvalue weighted by atomic mass is 10.0. The van der Waals surface area contributed by atoms with Gasteiger partial charge in [0.1, 0.15) is 12.2 Å². The fraction of sp³-hybridized carbons (Fsp3) is 0.192. The van der Waals surface area contributed by atoms with Gasteiger partial charge in [-0.2, -0.15) is 4.68 Å². The van der Waals surface area contributed by atoms with Crippen LogP contribution < -0.4 is 5.56 Å². The third kappa shape index (κ3) is 3.45. The predicted molar refractivity (Wildman–Crippen MR) is 137 cm³/mol. The molecule has 0 spiro atoms. The molecule has 2 aromatic carbocycles. The molecule has 4 heterocycles. The van der Waals surface area contributed by atoms with Crippen LogP contribution in [-0.2, 0) is 0 Å². The molecule has 8 nitrogen and oxygen atoms in total. The molecule has 0 bridgehead atoms. The van der Waals surface area contributed by atoms with Crippen molar-refractivity contribution in [1.82, 2.24) is 34.7 Å². The summed E-state index contributed by atoms with van der Waals surface area (Å²) in [7, 11) is 0. The van der Waals surface area contributed by atoms with E-state index in [2.05, 4.69) is 25.5 Å². The number of hydrogen-bond acceptors (Lipinski definition) is 5. The molecule has 0 radical (unpaired) electrons. The molecule has 1 saturated carbocycles. The maximum absolute atomic E-state index is 14.8. The van der Waals surface area contributed by atoms with Gasteiger partial charge in [0.25, 0.3) is 5.56 Å². The summed E-state index contributed by atoms with van der Waals surface area (Å²) in [6, 6.07) is 12.2. The summed E-state index contributed by atoms with van der Waals surface area (Å²) in [6.07, 6.45) is 4.04. The Morgan fingerprint density at radius 3 is 2.78 bits per heavy atom. The fourth-order valence-electron chi connectivity index (χ4n) is 5.45. The van der Waals surface area contributed by atoms with E-state index in [1.165, 1.54) is 6.33 Å². The number of rotatable bonds is 4. The number of hydrogen-bond donors (Lipinski definition) is 1. The van der Waals surface area contributed by atoms with Gasteiger partial charge < -0.3 is 9.55 Å². The topological polar surface area (TPSA) is 94.3 Å². The van der Waals surface area contributed by atoms with Crippen LogP contribution in [0.2, 0.25) is 10.0 Å². The van der Waals surface area contributed by atoms with Gasteiger partial charge in [-0.05, 0) is 71.1 Å². The highest BCUT2D eigenvalue weighted by atomic mass is 35.5. The molecule has 7 rings (SSSR count). The zero-order chi connectivity index (χ0) is 25.4. The Morgan fingerprint density at radius 2 is 1.97 bits per heavy atom. The van der Waals surface area contributed by atoms with E-state index in [0.29, 0.717) is 27.7 Å². The van der Waals surface area contributed by atoms with E-state index in [9.17, 15) is 9.18 Å². The highest BCUT2D eigenvalue weighted by molar-refractivity contribution is 6.31. The standard InChI is InChI=1S/C26H18Cl2FN7O/c1-12-2-4-15(24(29)23(12)28)19-10-30-26(32-19)25-18-9-17(18)21-6-13(7-22(37)36(21)25)16-8-14(27)3-5-20(16)35-11-31-33-34-35/h2-8,10-11,17-18,25H,9H2,1H3,(H,30,32). The monoisotopic (exact) mass is 533 g/mol. The minimum absolute atomic E-state index is 0.0907. The number of fused-ring (bicyclic) bond motifs is 3. The van der Waals surface area contributed by atoms with E-state index < -0.39 is 5.82 Å². The van der Waals surface area contributed by atoms with Crippen molar-refractivity contribution in [2.75, 3.05) is 0 Å². The summed E-state index contributed by atoms with van der Waals surface area (Å²) in [6.45, 7) is 1.76. The van der Waals surface area contributed by atoms with Gasteiger partial charge in [0.15, 0.2) is 5.82 Å². The van der Waals surface area contributed by atoms with Crippen LogP contribution in [-0.4, -0.2) is 34.7 Å². The van der Waals surface area contributed by atoms with Gasteiger partial charge in [0, 0.05) is 33.8 Å². The van der Waals surface area contributed by atoms with Crippen molar-refractivity contribution >= 4 is 23.2 Å². The van der Waals surface area contributed by atoms with Gasteiger partial charge in [-0.15, -0.1) is 5.10 Å². The van der Waals surface area contributed by atoms with E-state index in [1.807, 2.05) is 12.1 Å². The van der Waals surface area contributed by atoms with Crippen LogP contribution in [0.1, 0.15) is 35.5 Å². The number of aromatic nitrogens is 7. The van der Waals surface area contributed by atoms with Gasteiger partial charge in [0.05, 0.1) is 28.6 Å². The Balaban J connectivity index is 1.31. The fourth-order valence-corrected chi connectivity index (χ4v) is 5.79. The molecule has 1 N–H and O–H groups in total. The lowest BCUT2D eigenvalue weighted by Gasteiger charge is -2.18. The lowest BCUT2D eigenvalue weighted by molar-refractivity contribution is 0.514. The first kappa shape index (κ1) is 22.4. The molecule has 184 valence electrons. The number of imidazole rings is 1. The number of nitrogens with zero attached hydrogens (tertiary/aromatic N) is 6. The molecule has 5 aromatic rings. The van der Waals surface area contributed by atoms with E-state index in [0.717, 1.165) is 28.9 Å². The summed E-state index contributed by atoms with van der Waals surface area (Å²) >= 11 is 12.4.